The van der Waals surface area contributed by atoms with E-state index in [2.05, 4.69) is 22.3 Å². The molecule has 1 amide bonds. The van der Waals surface area contributed by atoms with Gasteiger partial charge in [-0.2, -0.15) is 0 Å². The molecule has 4 rings (SSSR count). The minimum atomic E-state index is -3.94. The number of carbonyl (C=O) groups is 1. The van der Waals surface area contributed by atoms with E-state index in [1.165, 1.54) is 22.8 Å². The normalized spacial score (nSPS) is 13.6. The molecule has 0 atom stereocenters. The Balaban J connectivity index is 1.52. The van der Waals surface area contributed by atoms with Gasteiger partial charge in [-0.1, -0.05) is 42.0 Å². The number of hydrogen-bond acceptors (Lipinski definition) is 4. The fourth-order valence-corrected chi connectivity index (χ4v) is 5.81. The summed E-state index contributed by atoms with van der Waals surface area (Å²) in [5, 5.41) is 2.90. The Bertz CT molecular complexity index is 1280. The van der Waals surface area contributed by atoms with Crippen LogP contribution in [0.25, 0.3) is 0 Å². The van der Waals surface area contributed by atoms with Crippen molar-refractivity contribution in [1.82, 2.24) is 5.32 Å². The first-order valence-electron chi connectivity index (χ1n) is 12.0. The summed E-state index contributed by atoms with van der Waals surface area (Å²) in [7, 11) is -3.94. The Hall–Kier alpha value is -3.32. The minimum Gasteiger partial charge on any atom is -0.372 e. The maximum Gasteiger partial charge on any atom is 0.264 e. The van der Waals surface area contributed by atoms with Gasteiger partial charge < -0.3 is 10.2 Å². The number of rotatable bonds is 8. The van der Waals surface area contributed by atoms with E-state index in [0.717, 1.165) is 35.3 Å². The molecular weight excluding hydrogens is 458 g/mol. The topological polar surface area (TPSA) is 69.7 Å². The molecule has 0 bridgehead atoms. The fraction of sp³-hybridized carbons (Fsp3) is 0.321. The van der Waals surface area contributed by atoms with Crippen LogP contribution in [0.3, 0.4) is 0 Å². The van der Waals surface area contributed by atoms with E-state index in [0.29, 0.717) is 12.2 Å². The first-order valence-corrected chi connectivity index (χ1v) is 13.5. The van der Waals surface area contributed by atoms with Crippen molar-refractivity contribution >= 4 is 27.3 Å². The van der Waals surface area contributed by atoms with Crippen molar-refractivity contribution in [3.8, 4) is 0 Å². The summed E-state index contributed by atoms with van der Waals surface area (Å²) in [6.07, 6.45) is 2.44. The van der Waals surface area contributed by atoms with Gasteiger partial charge in [0.15, 0.2) is 0 Å². The Morgan fingerprint density at radius 2 is 1.57 bits per heavy atom. The molecule has 6 nitrogen and oxygen atoms in total. The first kappa shape index (κ1) is 24.8. The Kier molecular flexibility index (Phi) is 7.45. The van der Waals surface area contributed by atoms with Gasteiger partial charge in [0.05, 0.1) is 10.6 Å². The summed E-state index contributed by atoms with van der Waals surface area (Å²) >= 11 is 0. The van der Waals surface area contributed by atoms with E-state index in [9.17, 15) is 13.2 Å². The van der Waals surface area contributed by atoms with E-state index in [-0.39, 0.29) is 17.3 Å². The predicted octanol–water partition coefficient (Wildman–Crippen LogP) is 4.72. The molecule has 1 N–H and O–H groups in total. The highest BCUT2D eigenvalue weighted by Gasteiger charge is 2.28. The van der Waals surface area contributed by atoms with Crippen molar-refractivity contribution in [3.05, 3.63) is 89.0 Å². The molecule has 184 valence electrons. The van der Waals surface area contributed by atoms with Gasteiger partial charge in [-0.05, 0) is 80.6 Å². The molecule has 0 saturated carbocycles. The lowest BCUT2D eigenvalue weighted by molar-refractivity contribution is -0.119. The Morgan fingerprint density at radius 1 is 0.914 bits per heavy atom. The molecule has 7 heteroatoms. The van der Waals surface area contributed by atoms with E-state index in [4.69, 9.17) is 0 Å². The van der Waals surface area contributed by atoms with Crippen LogP contribution in [0, 0.1) is 20.8 Å². The second-order valence-electron chi connectivity index (χ2n) is 9.18. The van der Waals surface area contributed by atoms with Crippen molar-refractivity contribution in [1.29, 1.82) is 0 Å². The molecule has 3 aromatic rings. The second-order valence-corrected chi connectivity index (χ2v) is 11.0. The lowest BCUT2D eigenvalue weighted by Gasteiger charge is -2.26. The Labute approximate surface area is 208 Å². The quantitative estimate of drug-likeness (QED) is 0.495. The monoisotopic (exact) mass is 491 g/mol. The third-order valence-electron chi connectivity index (χ3n) is 6.64. The maximum absolute atomic E-state index is 13.6. The number of amides is 1. The molecule has 0 radical (unpaired) electrons. The molecule has 3 aromatic carbocycles. The van der Waals surface area contributed by atoms with Crippen LogP contribution >= 0.6 is 0 Å². The maximum atomic E-state index is 13.6. The number of benzene rings is 3. The number of aryl methyl sites for hydroxylation is 2. The highest BCUT2D eigenvalue weighted by Crippen LogP contribution is 2.28. The summed E-state index contributed by atoms with van der Waals surface area (Å²) in [5.41, 5.74) is 5.44. The highest BCUT2D eigenvalue weighted by atomic mass is 32.2. The summed E-state index contributed by atoms with van der Waals surface area (Å²) in [6.45, 7) is 7.92. The first-order chi connectivity index (χ1) is 16.8. The summed E-state index contributed by atoms with van der Waals surface area (Å²) < 4.78 is 28.5. The molecule has 0 aromatic heterocycles. The van der Waals surface area contributed by atoms with Gasteiger partial charge in [0, 0.05) is 25.3 Å². The van der Waals surface area contributed by atoms with Crippen molar-refractivity contribution in [2.45, 2.75) is 45.1 Å². The lowest BCUT2D eigenvalue weighted by Crippen LogP contribution is -2.41. The zero-order valence-electron chi connectivity index (χ0n) is 20.6. The number of nitrogens with one attached hydrogen (secondary N) is 1. The standard InChI is InChI=1S/C28H33N3O3S/c1-21-9-15-26(16-10-21)35(33,34)31(27-8-6-7-22(2)23(27)3)20-28(32)29-19-24-11-13-25(14-12-24)30-17-4-5-18-30/h6-16H,4-5,17-20H2,1-3H3,(H,29,32). The average Bonchev–Trinajstić information content (AvgIpc) is 3.39. The van der Waals surface area contributed by atoms with Crippen LogP contribution < -0.4 is 14.5 Å². The van der Waals surface area contributed by atoms with Crippen LogP contribution in [0.15, 0.2) is 71.6 Å². The van der Waals surface area contributed by atoms with Gasteiger partial charge >= 0.3 is 0 Å². The van der Waals surface area contributed by atoms with Crippen molar-refractivity contribution in [3.63, 3.8) is 0 Å². The third kappa shape index (κ3) is 5.68. The van der Waals surface area contributed by atoms with Gasteiger partial charge in [0.2, 0.25) is 5.91 Å². The summed E-state index contributed by atoms with van der Waals surface area (Å²) in [4.78, 5) is 15.5. The van der Waals surface area contributed by atoms with E-state index >= 15 is 0 Å². The van der Waals surface area contributed by atoms with Crippen molar-refractivity contribution in [2.24, 2.45) is 0 Å². The van der Waals surface area contributed by atoms with Crippen LogP contribution in [-0.4, -0.2) is 34.0 Å². The molecule has 1 saturated heterocycles. The average molecular weight is 492 g/mol. The number of anilines is 2. The minimum absolute atomic E-state index is 0.161. The van der Waals surface area contributed by atoms with E-state index < -0.39 is 10.0 Å². The molecule has 1 aliphatic heterocycles. The predicted molar refractivity (Wildman–Crippen MR) is 141 cm³/mol. The van der Waals surface area contributed by atoms with Crippen LogP contribution in [0.2, 0.25) is 0 Å². The SMILES string of the molecule is Cc1ccc(S(=O)(=O)N(CC(=O)NCc2ccc(N3CCCC3)cc2)c2cccc(C)c2C)cc1. The largest absolute Gasteiger partial charge is 0.372 e. The number of nitrogens with zero attached hydrogens (tertiary/aromatic N) is 2. The third-order valence-corrected chi connectivity index (χ3v) is 8.41. The van der Waals surface area contributed by atoms with Gasteiger partial charge in [-0.25, -0.2) is 8.42 Å². The van der Waals surface area contributed by atoms with Crippen LogP contribution in [0.1, 0.15) is 35.1 Å². The highest BCUT2D eigenvalue weighted by molar-refractivity contribution is 7.92. The fourth-order valence-electron chi connectivity index (χ4n) is 4.33. The summed E-state index contributed by atoms with van der Waals surface area (Å²) in [6, 6.07) is 20.4. The zero-order chi connectivity index (χ0) is 25.0. The number of carbonyl (C=O) groups excluding carboxylic acids is 1. The van der Waals surface area contributed by atoms with Crippen LogP contribution in [-0.2, 0) is 21.4 Å². The number of sulfonamides is 1. The second kappa shape index (κ2) is 10.5. The molecule has 1 heterocycles. The van der Waals surface area contributed by atoms with Gasteiger partial charge in [-0.15, -0.1) is 0 Å². The van der Waals surface area contributed by atoms with Gasteiger partial charge in [-0.3, -0.25) is 9.10 Å². The van der Waals surface area contributed by atoms with E-state index in [1.54, 1.807) is 30.3 Å². The van der Waals surface area contributed by atoms with Gasteiger partial charge in [0.25, 0.3) is 10.0 Å². The molecular formula is C28H33N3O3S. The molecule has 0 unspecified atom stereocenters. The lowest BCUT2D eigenvalue weighted by atomic mass is 10.1. The van der Waals surface area contributed by atoms with Gasteiger partial charge in [0.1, 0.15) is 6.54 Å². The molecule has 0 aliphatic carbocycles. The van der Waals surface area contributed by atoms with E-state index in [1.807, 2.05) is 45.0 Å². The molecule has 0 spiro atoms. The molecule has 35 heavy (non-hydrogen) atoms. The van der Waals surface area contributed by atoms with Crippen molar-refractivity contribution < 1.29 is 13.2 Å². The number of hydrogen-bond donors (Lipinski definition) is 1. The molecule has 1 fully saturated rings. The molecule has 1 aliphatic rings. The smallest absolute Gasteiger partial charge is 0.264 e. The van der Waals surface area contributed by atoms with Crippen LogP contribution in [0.4, 0.5) is 11.4 Å². The summed E-state index contributed by atoms with van der Waals surface area (Å²) in [5.74, 6) is -0.356. The zero-order valence-corrected chi connectivity index (χ0v) is 21.4. The Morgan fingerprint density at radius 3 is 2.23 bits per heavy atom. The van der Waals surface area contributed by atoms with Crippen LogP contribution in [0.5, 0.6) is 0 Å². The van der Waals surface area contributed by atoms with Crippen molar-refractivity contribution in [2.75, 3.05) is 28.8 Å².